The van der Waals surface area contributed by atoms with Gasteiger partial charge in [0.05, 0.1) is 11.4 Å². The summed E-state index contributed by atoms with van der Waals surface area (Å²) in [6, 6.07) is 7.22. The van der Waals surface area contributed by atoms with E-state index in [9.17, 15) is 4.79 Å². The van der Waals surface area contributed by atoms with Crippen LogP contribution in [0.1, 0.15) is 16.8 Å². The van der Waals surface area contributed by atoms with Crippen LogP contribution >= 0.6 is 15.9 Å². The van der Waals surface area contributed by atoms with Gasteiger partial charge in [-0.05, 0) is 43.2 Å². The third-order valence-electron chi connectivity index (χ3n) is 2.83. The summed E-state index contributed by atoms with van der Waals surface area (Å²) in [6.07, 6.45) is 0. The summed E-state index contributed by atoms with van der Waals surface area (Å²) < 4.78 is 2.41. The Morgan fingerprint density at radius 1 is 1.33 bits per heavy atom. The third-order valence-corrected chi connectivity index (χ3v) is 3.72. The number of hydrogen-bond donors (Lipinski definition) is 1. The molecule has 2 rings (SSSR count). The summed E-state index contributed by atoms with van der Waals surface area (Å²) in [6.45, 7) is 4.15. The number of benzene rings is 1. The van der Waals surface area contributed by atoms with Crippen molar-refractivity contribution in [2.24, 2.45) is 5.73 Å². The normalized spacial score (nSPS) is 10.7. The summed E-state index contributed by atoms with van der Waals surface area (Å²) in [4.78, 5) is 12.0. The molecule has 0 aliphatic rings. The Kier molecular flexibility index (Phi) is 3.63. The molecule has 1 aromatic heterocycles. The van der Waals surface area contributed by atoms with Gasteiger partial charge in [0.2, 0.25) is 0 Å². The van der Waals surface area contributed by atoms with Gasteiger partial charge < -0.3 is 5.73 Å². The van der Waals surface area contributed by atoms with Crippen LogP contribution in [0.3, 0.4) is 0 Å². The zero-order valence-corrected chi connectivity index (χ0v) is 11.9. The number of nitrogens with zero attached hydrogens (tertiary/aromatic N) is 2. The molecule has 0 aliphatic carbocycles. The molecule has 0 atom stereocenters. The Morgan fingerprint density at radius 3 is 2.67 bits per heavy atom. The van der Waals surface area contributed by atoms with Gasteiger partial charge in [-0.2, -0.15) is 9.78 Å². The van der Waals surface area contributed by atoms with E-state index >= 15 is 0 Å². The fourth-order valence-electron chi connectivity index (χ4n) is 1.73. The molecule has 0 saturated carbocycles. The first kappa shape index (κ1) is 13.0. The van der Waals surface area contributed by atoms with Gasteiger partial charge in [-0.3, -0.25) is 4.79 Å². The van der Waals surface area contributed by atoms with Crippen LogP contribution in [0.2, 0.25) is 0 Å². The fourth-order valence-corrected chi connectivity index (χ4v) is 1.98. The van der Waals surface area contributed by atoms with E-state index in [-0.39, 0.29) is 5.56 Å². The first-order valence-corrected chi connectivity index (χ1v) is 6.38. The van der Waals surface area contributed by atoms with Crippen molar-refractivity contribution in [3.05, 3.63) is 55.9 Å². The Labute approximate surface area is 114 Å². The zero-order valence-electron chi connectivity index (χ0n) is 10.3. The van der Waals surface area contributed by atoms with Gasteiger partial charge in [0.1, 0.15) is 0 Å². The second-order valence-electron chi connectivity index (χ2n) is 4.14. The molecule has 5 heteroatoms. The van der Waals surface area contributed by atoms with Gasteiger partial charge in [-0.15, -0.1) is 0 Å². The Balaban J connectivity index is 2.61. The molecule has 0 bridgehead atoms. The molecule has 2 N–H and O–H groups in total. The molecule has 2 aromatic rings. The molecule has 18 heavy (non-hydrogen) atoms. The molecule has 1 heterocycles. The summed E-state index contributed by atoms with van der Waals surface area (Å²) >= 11 is 3.43. The maximum absolute atomic E-state index is 12.0. The number of rotatable bonds is 2. The third kappa shape index (κ3) is 2.37. The highest BCUT2D eigenvalue weighted by molar-refractivity contribution is 9.10. The topological polar surface area (TPSA) is 60.9 Å². The van der Waals surface area contributed by atoms with Gasteiger partial charge in [0.25, 0.3) is 5.56 Å². The van der Waals surface area contributed by atoms with Crippen molar-refractivity contribution < 1.29 is 0 Å². The predicted octanol–water partition coefficient (Wildman–Crippen LogP) is 2.07. The minimum Gasteiger partial charge on any atom is -0.326 e. The van der Waals surface area contributed by atoms with Gasteiger partial charge in [-0.25, -0.2) is 0 Å². The molecule has 0 radical (unpaired) electrons. The quantitative estimate of drug-likeness (QED) is 0.924. The second-order valence-corrected chi connectivity index (χ2v) is 5.00. The van der Waals surface area contributed by atoms with Gasteiger partial charge in [0.15, 0.2) is 0 Å². The van der Waals surface area contributed by atoms with Crippen LogP contribution in [0, 0.1) is 13.8 Å². The van der Waals surface area contributed by atoms with Crippen LogP contribution < -0.4 is 11.3 Å². The summed E-state index contributed by atoms with van der Waals surface area (Å²) in [5.41, 5.74) is 8.77. The van der Waals surface area contributed by atoms with Crippen LogP contribution in [0.15, 0.2) is 33.5 Å². The van der Waals surface area contributed by atoms with E-state index in [1.807, 2.05) is 32.0 Å². The van der Waals surface area contributed by atoms with Crippen LogP contribution in [0.5, 0.6) is 0 Å². The molecule has 0 saturated heterocycles. The summed E-state index contributed by atoms with van der Waals surface area (Å²) in [7, 11) is 0. The molecule has 0 fully saturated rings. The van der Waals surface area contributed by atoms with Crippen molar-refractivity contribution in [1.29, 1.82) is 0 Å². The number of aromatic nitrogens is 2. The Bertz CT molecular complexity index is 649. The maximum atomic E-state index is 12.0. The minimum atomic E-state index is -0.164. The standard InChI is InChI=1S/C13H14BrN3O/c1-8-5-11(3-4-12(8)14)17-13(18)6-10(7-15)9(2)16-17/h3-6H,7,15H2,1-2H3. The zero-order chi connectivity index (χ0) is 13.3. The van der Waals surface area contributed by atoms with Crippen molar-refractivity contribution in [2.75, 3.05) is 0 Å². The molecule has 0 aliphatic heterocycles. The van der Waals surface area contributed by atoms with Crippen LogP contribution in [0.4, 0.5) is 0 Å². The molecule has 0 amide bonds. The lowest BCUT2D eigenvalue weighted by molar-refractivity contribution is 0.766. The number of nitrogens with two attached hydrogens (primary N) is 1. The Hall–Kier alpha value is -1.46. The average Bonchev–Trinajstić information content (AvgIpc) is 2.35. The van der Waals surface area contributed by atoms with E-state index in [1.54, 1.807) is 6.07 Å². The minimum absolute atomic E-state index is 0.164. The maximum Gasteiger partial charge on any atom is 0.271 e. The van der Waals surface area contributed by atoms with Crippen LogP contribution in [-0.4, -0.2) is 9.78 Å². The van der Waals surface area contributed by atoms with Gasteiger partial charge in [-0.1, -0.05) is 15.9 Å². The van der Waals surface area contributed by atoms with Crippen molar-refractivity contribution in [3.8, 4) is 5.69 Å². The number of hydrogen-bond acceptors (Lipinski definition) is 3. The molecule has 94 valence electrons. The predicted molar refractivity (Wildman–Crippen MR) is 74.9 cm³/mol. The van der Waals surface area contributed by atoms with Crippen molar-refractivity contribution in [1.82, 2.24) is 9.78 Å². The van der Waals surface area contributed by atoms with Crippen LogP contribution in [0.25, 0.3) is 5.69 Å². The monoisotopic (exact) mass is 307 g/mol. The number of halogens is 1. The molecule has 0 spiro atoms. The SMILES string of the molecule is Cc1cc(-n2nc(C)c(CN)cc2=O)ccc1Br. The van der Waals surface area contributed by atoms with E-state index in [0.717, 1.165) is 27.0 Å². The highest BCUT2D eigenvalue weighted by atomic mass is 79.9. The lowest BCUT2D eigenvalue weighted by Gasteiger charge is -2.09. The van der Waals surface area contributed by atoms with E-state index in [4.69, 9.17) is 5.73 Å². The molecular weight excluding hydrogens is 294 g/mol. The number of aryl methyl sites for hydroxylation is 2. The first-order chi connectivity index (χ1) is 8.52. The van der Waals surface area contributed by atoms with Gasteiger partial charge in [0, 0.05) is 17.1 Å². The van der Waals surface area contributed by atoms with E-state index < -0.39 is 0 Å². The molecule has 4 nitrogen and oxygen atoms in total. The lowest BCUT2D eigenvalue weighted by atomic mass is 10.2. The van der Waals surface area contributed by atoms with E-state index in [0.29, 0.717) is 6.54 Å². The first-order valence-electron chi connectivity index (χ1n) is 5.59. The van der Waals surface area contributed by atoms with Crippen molar-refractivity contribution >= 4 is 15.9 Å². The smallest absolute Gasteiger partial charge is 0.271 e. The molecule has 0 unspecified atom stereocenters. The lowest BCUT2D eigenvalue weighted by Crippen LogP contribution is -2.23. The van der Waals surface area contributed by atoms with Crippen LogP contribution in [-0.2, 0) is 6.54 Å². The van der Waals surface area contributed by atoms with Crippen molar-refractivity contribution in [2.45, 2.75) is 20.4 Å². The van der Waals surface area contributed by atoms with Crippen molar-refractivity contribution in [3.63, 3.8) is 0 Å². The fraction of sp³-hybridized carbons (Fsp3) is 0.231. The molecular formula is C13H14BrN3O. The van der Waals surface area contributed by atoms with Gasteiger partial charge >= 0.3 is 0 Å². The second kappa shape index (κ2) is 5.04. The largest absolute Gasteiger partial charge is 0.326 e. The highest BCUT2D eigenvalue weighted by Gasteiger charge is 2.07. The summed E-state index contributed by atoms with van der Waals surface area (Å²) in [5.74, 6) is 0. The highest BCUT2D eigenvalue weighted by Crippen LogP contribution is 2.18. The summed E-state index contributed by atoms with van der Waals surface area (Å²) in [5, 5.41) is 4.29. The van der Waals surface area contributed by atoms with E-state index in [1.165, 1.54) is 4.68 Å². The Morgan fingerprint density at radius 2 is 2.06 bits per heavy atom. The van der Waals surface area contributed by atoms with E-state index in [2.05, 4.69) is 21.0 Å². The molecule has 1 aromatic carbocycles. The average molecular weight is 308 g/mol.